The number of fused-ring (bicyclic) bond motifs is 1. The molecule has 168 valence electrons. The molecule has 34 heavy (non-hydrogen) atoms. The van der Waals surface area contributed by atoms with Gasteiger partial charge in [-0.15, -0.1) is 0 Å². The lowest BCUT2D eigenvalue weighted by atomic mass is 10.1. The van der Waals surface area contributed by atoms with Crippen molar-refractivity contribution in [2.45, 2.75) is 6.92 Å². The van der Waals surface area contributed by atoms with Crippen LogP contribution in [-0.4, -0.2) is 15.9 Å². The minimum atomic E-state index is -0.303. The maximum Gasteiger partial charge on any atom is 0.248 e. The zero-order valence-electron chi connectivity index (χ0n) is 17.9. The fraction of sp³-hybridized carbons (Fsp3) is 0.0385. The maximum absolute atomic E-state index is 12.6. The lowest BCUT2D eigenvalue weighted by Gasteiger charge is -2.07. The van der Waals surface area contributed by atoms with E-state index < -0.39 is 0 Å². The summed E-state index contributed by atoms with van der Waals surface area (Å²) >= 11 is 12.1. The second kappa shape index (κ2) is 9.17. The average molecular weight is 490 g/mol. The first-order chi connectivity index (χ1) is 16.4. The van der Waals surface area contributed by atoms with Gasteiger partial charge in [0.1, 0.15) is 11.5 Å². The quantitative estimate of drug-likeness (QED) is 0.259. The van der Waals surface area contributed by atoms with E-state index in [0.717, 1.165) is 16.7 Å². The van der Waals surface area contributed by atoms with Crippen molar-refractivity contribution in [3.63, 3.8) is 0 Å². The van der Waals surface area contributed by atoms with Gasteiger partial charge in [0.2, 0.25) is 11.8 Å². The fourth-order valence-corrected chi connectivity index (χ4v) is 3.93. The Hall–Kier alpha value is -3.87. The van der Waals surface area contributed by atoms with Crippen LogP contribution in [0.25, 0.3) is 40.1 Å². The number of oxazole rings is 1. The number of rotatable bonds is 5. The topological polar surface area (TPSA) is 81.2 Å². The molecule has 0 bridgehead atoms. The SMILES string of the molecule is Cc1ccc(-c2nc3ncccc3o2)cc1NC(=O)/C=C/c1ccc(-c2cc(Cl)cc(Cl)c2)o1. The molecule has 3 aromatic heterocycles. The van der Waals surface area contributed by atoms with Gasteiger partial charge in [-0.2, -0.15) is 4.98 Å². The average Bonchev–Trinajstić information content (AvgIpc) is 3.46. The van der Waals surface area contributed by atoms with Gasteiger partial charge in [0.15, 0.2) is 11.2 Å². The highest BCUT2D eigenvalue weighted by atomic mass is 35.5. The first-order valence-electron chi connectivity index (χ1n) is 10.3. The predicted molar refractivity (Wildman–Crippen MR) is 134 cm³/mol. The number of carbonyl (C=O) groups excluding carboxylic acids is 1. The molecular weight excluding hydrogens is 473 g/mol. The Labute approximate surface area is 204 Å². The molecule has 3 heterocycles. The third-order valence-corrected chi connectivity index (χ3v) is 5.52. The Bertz CT molecular complexity index is 1500. The molecule has 0 saturated carbocycles. The van der Waals surface area contributed by atoms with Crippen LogP contribution in [0.15, 0.2) is 81.8 Å². The Morgan fingerprint density at radius 1 is 0.971 bits per heavy atom. The molecule has 1 N–H and O–H groups in total. The second-order valence-corrected chi connectivity index (χ2v) is 8.43. The van der Waals surface area contributed by atoms with Crippen LogP contribution in [0.1, 0.15) is 11.3 Å². The van der Waals surface area contributed by atoms with Crippen LogP contribution in [-0.2, 0) is 4.79 Å². The van der Waals surface area contributed by atoms with Gasteiger partial charge in [0.25, 0.3) is 0 Å². The predicted octanol–water partition coefficient (Wildman–Crippen LogP) is 7.42. The minimum absolute atomic E-state index is 0.303. The number of hydrogen-bond acceptors (Lipinski definition) is 5. The Balaban J connectivity index is 1.32. The molecule has 0 saturated heterocycles. The molecule has 1 amide bonds. The molecule has 0 unspecified atom stereocenters. The normalized spacial score (nSPS) is 11.4. The smallest absolute Gasteiger partial charge is 0.248 e. The van der Waals surface area contributed by atoms with Crippen molar-refractivity contribution in [2.24, 2.45) is 0 Å². The third-order valence-electron chi connectivity index (χ3n) is 5.08. The van der Waals surface area contributed by atoms with Crippen molar-refractivity contribution in [2.75, 3.05) is 5.32 Å². The highest BCUT2D eigenvalue weighted by molar-refractivity contribution is 6.35. The molecule has 5 rings (SSSR count). The molecule has 6 nitrogen and oxygen atoms in total. The molecule has 0 atom stereocenters. The molecule has 0 radical (unpaired) electrons. The summed E-state index contributed by atoms with van der Waals surface area (Å²) in [4.78, 5) is 21.2. The first-order valence-corrected chi connectivity index (χ1v) is 11.1. The summed E-state index contributed by atoms with van der Waals surface area (Å²) in [6, 6.07) is 17.9. The summed E-state index contributed by atoms with van der Waals surface area (Å²) < 4.78 is 11.6. The van der Waals surface area contributed by atoms with Crippen LogP contribution in [0.2, 0.25) is 10.0 Å². The zero-order valence-corrected chi connectivity index (χ0v) is 19.4. The largest absolute Gasteiger partial charge is 0.457 e. The lowest BCUT2D eigenvalue weighted by Crippen LogP contribution is -2.09. The Morgan fingerprint density at radius 3 is 2.59 bits per heavy atom. The monoisotopic (exact) mass is 489 g/mol. The number of benzene rings is 2. The molecule has 5 aromatic rings. The summed E-state index contributed by atoms with van der Waals surface area (Å²) in [6.07, 6.45) is 4.66. The number of aromatic nitrogens is 2. The molecule has 0 aliphatic carbocycles. The molecule has 0 fully saturated rings. The fourth-order valence-electron chi connectivity index (χ4n) is 3.41. The number of nitrogens with one attached hydrogen (secondary N) is 1. The van der Waals surface area contributed by atoms with Crippen molar-refractivity contribution < 1.29 is 13.6 Å². The summed E-state index contributed by atoms with van der Waals surface area (Å²) in [6.45, 7) is 1.91. The van der Waals surface area contributed by atoms with Crippen LogP contribution in [0.4, 0.5) is 5.69 Å². The standard InChI is InChI=1S/C26H17Cl2N3O3/c1-15-4-5-16(26-31-25-23(34-26)3-2-10-29-25)13-21(15)30-24(32)9-7-20-6-8-22(33-20)17-11-18(27)14-19(28)12-17/h2-14H,1H3,(H,30,32)/b9-7+. The second-order valence-electron chi connectivity index (χ2n) is 7.56. The van der Waals surface area contributed by atoms with Gasteiger partial charge in [0, 0.05) is 39.1 Å². The molecule has 0 aliphatic rings. The van der Waals surface area contributed by atoms with Crippen molar-refractivity contribution in [1.82, 2.24) is 9.97 Å². The number of halogens is 2. The first kappa shape index (κ1) is 21.9. The molecular formula is C26H17Cl2N3O3. The van der Waals surface area contributed by atoms with E-state index in [0.29, 0.717) is 44.4 Å². The minimum Gasteiger partial charge on any atom is -0.457 e. The number of anilines is 1. The lowest BCUT2D eigenvalue weighted by molar-refractivity contribution is -0.111. The van der Waals surface area contributed by atoms with E-state index in [1.165, 1.54) is 6.08 Å². The highest BCUT2D eigenvalue weighted by Gasteiger charge is 2.12. The van der Waals surface area contributed by atoms with Crippen molar-refractivity contribution in [3.8, 4) is 22.8 Å². The summed E-state index contributed by atoms with van der Waals surface area (Å²) in [5, 5.41) is 3.92. The van der Waals surface area contributed by atoms with E-state index >= 15 is 0 Å². The number of pyridine rings is 1. The van der Waals surface area contributed by atoms with E-state index in [1.54, 1.807) is 48.7 Å². The third kappa shape index (κ3) is 4.73. The van der Waals surface area contributed by atoms with E-state index in [4.69, 9.17) is 32.0 Å². The van der Waals surface area contributed by atoms with Gasteiger partial charge < -0.3 is 14.2 Å². The van der Waals surface area contributed by atoms with Gasteiger partial charge in [-0.1, -0.05) is 29.3 Å². The van der Waals surface area contributed by atoms with E-state index in [1.807, 2.05) is 31.2 Å². The van der Waals surface area contributed by atoms with Crippen molar-refractivity contribution >= 4 is 52.1 Å². The highest BCUT2D eigenvalue weighted by Crippen LogP contribution is 2.29. The summed E-state index contributed by atoms with van der Waals surface area (Å²) in [5.41, 5.74) is 4.17. The number of aryl methyl sites for hydroxylation is 1. The van der Waals surface area contributed by atoms with Gasteiger partial charge in [-0.25, -0.2) is 4.98 Å². The maximum atomic E-state index is 12.6. The number of furan rings is 1. The molecule has 0 aliphatic heterocycles. The zero-order chi connectivity index (χ0) is 23.7. The van der Waals surface area contributed by atoms with Crippen molar-refractivity contribution in [3.05, 3.63) is 94.3 Å². The van der Waals surface area contributed by atoms with Crippen LogP contribution in [0, 0.1) is 6.92 Å². The van der Waals surface area contributed by atoms with Crippen LogP contribution in [0.3, 0.4) is 0 Å². The summed E-state index contributed by atoms with van der Waals surface area (Å²) in [5.74, 6) is 1.25. The van der Waals surface area contributed by atoms with E-state index in [2.05, 4.69) is 15.3 Å². The van der Waals surface area contributed by atoms with Gasteiger partial charge in [0.05, 0.1) is 0 Å². The van der Waals surface area contributed by atoms with E-state index in [-0.39, 0.29) is 5.91 Å². The van der Waals surface area contributed by atoms with Crippen LogP contribution in [0.5, 0.6) is 0 Å². The van der Waals surface area contributed by atoms with Gasteiger partial charge >= 0.3 is 0 Å². The number of hydrogen-bond donors (Lipinski definition) is 1. The van der Waals surface area contributed by atoms with E-state index in [9.17, 15) is 4.79 Å². The van der Waals surface area contributed by atoms with Gasteiger partial charge in [-0.05, 0) is 73.2 Å². The molecule has 2 aromatic carbocycles. The molecule has 0 spiro atoms. The van der Waals surface area contributed by atoms with Crippen LogP contribution < -0.4 is 5.32 Å². The number of amides is 1. The Morgan fingerprint density at radius 2 is 1.79 bits per heavy atom. The number of carbonyl (C=O) groups is 1. The van der Waals surface area contributed by atoms with Crippen LogP contribution >= 0.6 is 23.2 Å². The Kier molecular flexibility index (Phi) is 5.92. The molecule has 8 heteroatoms. The van der Waals surface area contributed by atoms with Gasteiger partial charge in [-0.3, -0.25) is 4.79 Å². The summed E-state index contributed by atoms with van der Waals surface area (Å²) in [7, 11) is 0. The van der Waals surface area contributed by atoms with Crippen molar-refractivity contribution in [1.29, 1.82) is 0 Å². The number of nitrogens with zero attached hydrogens (tertiary/aromatic N) is 2.